The van der Waals surface area contributed by atoms with Crippen molar-refractivity contribution in [3.63, 3.8) is 0 Å². The fraction of sp³-hybridized carbons (Fsp3) is 0.267. The van der Waals surface area contributed by atoms with Crippen LogP contribution in [0.2, 0.25) is 5.02 Å². The Morgan fingerprint density at radius 3 is 2.71 bits per heavy atom. The normalized spacial score (nSPS) is 17.5. The number of halogens is 1. The molecule has 0 unspecified atom stereocenters. The van der Waals surface area contributed by atoms with Crippen LogP contribution >= 0.6 is 11.6 Å². The van der Waals surface area contributed by atoms with Crippen LogP contribution < -0.4 is 10.6 Å². The van der Waals surface area contributed by atoms with Gasteiger partial charge in [0.25, 0.3) is 5.91 Å². The lowest BCUT2D eigenvalue weighted by Gasteiger charge is -2.32. The number of benzene rings is 3. The van der Waals surface area contributed by atoms with Gasteiger partial charge in [-0.2, -0.15) is 0 Å². The Morgan fingerprint density at radius 1 is 1.11 bits per heavy atom. The van der Waals surface area contributed by atoms with Crippen LogP contribution in [0.15, 0.2) is 66.7 Å². The van der Waals surface area contributed by atoms with Crippen LogP contribution in [0.25, 0.3) is 22.2 Å². The maximum Gasteiger partial charge on any atom is 0.257 e. The van der Waals surface area contributed by atoms with Gasteiger partial charge in [0.2, 0.25) is 0 Å². The number of carbonyl (C=O) groups excluding carboxylic acids is 1. The molecule has 2 aliphatic rings. The number of nitrogens with zero attached hydrogens (tertiary/aromatic N) is 2. The molecule has 7 nitrogen and oxygen atoms in total. The molecule has 2 aliphatic heterocycles. The van der Waals surface area contributed by atoms with Crippen molar-refractivity contribution in [2.75, 3.05) is 44.0 Å². The molecule has 38 heavy (non-hydrogen) atoms. The summed E-state index contributed by atoms with van der Waals surface area (Å²) in [5.41, 5.74) is 6.59. The number of aromatic nitrogens is 2. The number of hydrogen-bond donors (Lipinski definition) is 3. The third-order valence-corrected chi connectivity index (χ3v) is 7.56. The average Bonchev–Trinajstić information content (AvgIpc) is 3.49. The second-order valence-electron chi connectivity index (χ2n) is 9.83. The molecule has 1 aromatic heterocycles. The molecule has 3 heterocycles. The van der Waals surface area contributed by atoms with Crippen molar-refractivity contribution in [2.24, 2.45) is 0 Å². The Hall–Kier alpha value is -3.65. The Balaban J connectivity index is 1.37. The van der Waals surface area contributed by atoms with E-state index < -0.39 is 0 Å². The second kappa shape index (κ2) is 10.6. The largest absolute Gasteiger partial charge is 0.383 e. The zero-order valence-electron chi connectivity index (χ0n) is 21.3. The lowest BCUT2D eigenvalue weighted by Crippen LogP contribution is -2.40. The van der Waals surface area contributed by atoms with E-state index in [2.05, 4.69) is 26.6 Å². The molecule has 194 valence electrons. The van der Waals surface area contributed by atoms with Crippen molar-refractivity contribution in [1.29, 1.82) is 0 Å². The van der Waals surface area contributed by atoms with E-state index in [1.807, 2.05) is 60.7 Å². The Labute approximate surface area is 226 Å². The lowest BCUT2D eigenvalue weighted by molar-refractivity contribution is -0.110. The van der Waals surface area contributed by atoms with Gasteiger partial charge >= 0.3 is 0 Å². The molecular weight excluding hydrogens is 498 g/mol. The number of amides is 1. The molecule has 3 aromatic carbocycles. The monoisotopic (exact) mass is 527 g/mol. The SMILES string of the molecule is COCCN1CCC(Nc2ccc3c(c2)C(=C(c2ccccc2)c2nc4cc(Cl)ccc4[nH]2)C(=O)N3)CC1. The summed E-state index contributed by atoms with van der Waals surface area (Å²) in [5, 5.41) is 7.39. The van der Waals surface area contributed by atoms with Crippen LogP contribution in [0.3, 0.4) is 0 Å². The minimum atomic E-state index is -0.138. The van der Waals surface area contributed by atoms with E-state index in [1.165, 1.54) is 0 Å². The zero-order chi connectivity index (χ0) is 26.1. The number of fused-ring (bicyclic) bond motifs is 2. The number of hydrogen-bond acceptors (Lipinski definition) is 5. The number of rotatable bonds is 7. The van der Waals surface area contributed by atoms with E-state index in [4.69, 9.17) is 21.3 Å². The highest BCUT2D eigenvalue weighted by molar-refractivity contribution is 6.38. The minimum Gasteiger partial charge on any atom is -0.383 e. The average molecular weight is 528 g/mol. The number of H-pyrrole nitrogens is 1. The van der Waals surface area contributed by atoms with Gasteiger partial charge in [-0.15, -0.1) is 0 Å². The number of imidazole rings is 1. The predicted molar refractivity (Wildman–Crippen MR) is 153 cm³/mol. The van der Waals surface area contributed by atoms with Crippen molar-refractivity contribution >= 4 is 51.1 Å². The van der Waals surface area contributed by atoms with E-state index in [0.29, 0.717) is 22.5 Å². The first-order valence-corrected chi connectivity index (χ1v) is 13.4. The molecule has 0 saturated carbocycles. The first-order chi connectivity index (χ1) is 18.6. The molecule has 1 fully saturated rings. The zero-order valence-corrected chi connectivity index (χ0v) is 22.0. The summed E-state index contributed by atoms with van der Waals surface area (Å²) in [6.45, 7) is 3.83. The predicted octanol–water partition coefficient (Wildman–Crippen LogP) is 5.65. The smallest absolute Gasteiger partial charge is 0.257 e. The molecule has 3 N–H and O–H groups in total. The number of ether oxygens (including phenoxy) is 1. The number of aromatic amines is 1. The number of anilines is 2. The van der Waals surface area contributed by atoms with Gasteiger partial charge in [-0.05, 0) is 54.8 Å². The van der Waals surface area contributed by atoms with Gasteiger partial charge in [0.15, 0.2) is 0 Å². The summed E-state index contributed by atoms with van der Waals surface area (Å²) in [6.07, 6.45) is 2.13. The highest BCUT2D eigenvalue weighted by atomic mass is 35.5. The summed E-state index contributed by atoms with van der Waals surface area (Å²) >= 11 is 6.22. The van der Waals surface area contributed by atoms with Crippen LogP contribution in [0, 0.1) is 0 Å². The molecule has 0 atom stereocenters. The molecule has 6 rings (SSSR count). The molecule has 0 bridgehead atoms. The van der Waals surface area contributed by atoms with Crippen LogP contribution in [-0.4, -0.2) is 60.2 Å². The fourth-order valence-electron chi connectivity index (χ4n) is 5.36. The number of methoxy groups -OCH3 is 1. The molecule has 1 saturated heterocycles. The number of carbonyl (C=O) groups is 1. The van der Waals surface area contributed by atoms with Crippen LogP contribution in [-0.2, 0) is 9.53 Å². The molecule has 1 amide bonds. The topological polar surface area (TPSA) is 82.3 Å². The molecule has 0 radical (unpaired) electrons. The third kappa shape index (κ3) is 4.92. The van der Waals surface area contributed by atoms with Crippen LogP contribution in [0.5, 0.6) is 0 Å². The standard InChI is InChI=1S/C30H30ClN5O2/c1-38-16-15-36-13-11-21(12-14-36)32-22-8-10-24-23(18-22)28(30(37)35-24)27(19-5-3-2-4-6-19)29-33-25-9-7-20(31)17-26(25)34-29/h2-10,17-18,21,32H,11-16H2,1H3,(H,33,34)(H,35,37). The highest BCUT2D eigenvalue weighted by Gasteiger charge is 2.30. The molecular formula is C30H30ClN5O2. The van der Waals surface area contributed by atoms with Gasteiger partial charge in [0.1, 0.15) is 5.82 Å². The van der Waals surface area contributed by atoms with Gasteiger partial charge in [0.05, 0.1) is 23.2 Å². The summed E-state index contributed by atoms with van der Waals surface area (Å²) in [7, 11) is 1.75. The highest BCUT2D eigenvalue weighted by Crippen LogP contribution is 2.41. The summed E-state index contributed by atoms with van der Waals surface area (Å²) in [5.74, 6) is 0.495. The van der Waals surface area contributed by atoms with E-state index in [0.717, 1.165) is 78.2 Å². The van der Waals surface area contributed by atoms with Gasteiger partial charge < -0.3 is 25.3 Å². The van der Waals surface area contributed by atoms with E-state index in [1.54, 1.807) is 7.11 Å². The Bertz CT molecular complexity index is 1510. The van der Waals surface area contributed by atoms with Crippen molar-refractivity contribution in [2.45, 2.75) is 18.9 Å². The van der Waals surface area contributed by atoms with Gasteiger partial charge in [-0.25, -0.2) is 4.98 Å². The molecule has 8 heteroatoms. The molecule has 4 aromatic rings. The fourth-order valence-corrected chi connectivity index (χ4v) is 5.53. The van der Waals surface area contributed by atoms with Gasteiger partial charge in [-0.3, -0.25) is 4.79 Å². The Morgan fingerprint density at radius 2 is 1.92 bits per heavy atom. The molecule has 0 spiro atoms. The van der Waals surface area contributed by atoms with Crippen molar-refractivity contribution in [3.8, 4) is 0 Å². The molecule has 0 aliphatic carbocycles. The first kappa shape index (κ1) is 24.7. The van der Waals surface area contributed by atoms with Gasteiger partial charge in [0, 0.05) is 60.3 Å². The lowest BCUT2D eigenvalue weighted by atomic mass is 9.94. The van der Waals surface area contributed by atoms with E-state index in [-0.39, 0.29) is 5.91 Å². The van der Waals surface area contributed by atoms with E-state index >= 15 is 0 Å². The number of piperidine rings is 1. The summed E-state index contributed by atoms with van der Waals surface area (Å²) in [4.78, 5) is 24.1. The number of nitrogens with one attached hydrogen (secondary N) is 3. The van der Waals surface area contributed by atoms with Crippen LogP contribution in [0.4, 0.5) is 11.4 Å². The summed E-state index contributed by atoms with van der Waals surface area (Å²) < 4.78 is 5.23. The maximum atomic E-state index is 13.4. The minimum absolute atomic E-state index is 0.138. The van der Waals surface area contributed by atoms with E-state index in [9.17, 15) is 4.79 Å². The van der Waals surface area contributed by atoms with Crippen molar-refractivity contribution < 1.29 is 9.53 Å². The Kier molecular flexibility index (Phi) is 6.89. The number of likely N-dealkylation sites (tertiary alicyclic amines) is 1. The van der Waals surface area contributed by atoms with Crippen molar-refractivity contribution in [3.05, 3.63) is 88.7 Å². The quantitative estimate of drug-likeness (QED) is 0.271. The maximum absolute atomic E-state index is 13.4. The van der Waals surface area contributed by atoms with Gasteiger partial charge in [-0.1, -0.05) is 41.9 Å². The van der Waals surface area contributed by atoms with Crippen molar-refractivity contribution in [1.82, 2.24) is 14.9 Å². The second-order valence-corrected chi connectivity index (χ2v) is 10.3. The first-order valence-electron chi connectivity index (χ1n) is 13.0. The van der Waals surface area contributed by atoms with Crippen LogP contribution in [0.1, 0.15) is 29.8 Å². The third-order valence-electron chi connectivity index (χ3n) is 7.33. The summed E-state index contributed by atoms with van der Waals surface area (Å²) in [6, 6.07) is 22.0.